The van der Waals surface area contributed by atoms with Gasteiger partial charge in [0, 0.05) is 0 Å². The first kappa shape index (κ1) is 12.9. The van der Waals surface area contributed by atoms with Crippen LogP contribution in [0.25, 0.3) is 0 Å². The van der Waals surface area contributed by atoms with Gasteiger partial charge in [-0.1, -0.05) is 0 Å². The molecule has 0 radical (unpaired) electrons. The van der Waals surface area contributed by atoms with Crippen LogP contribution in [-0.4, -0.2) is 23.6 Å². The summed E-state index contributed by atoms with van der Waals surface area (Å²) in [5.41, 5.74) is 0. The molecule has 0 aromatic carbocycles. The van der Waals surface area contributed by atoms with E-state index in [1.165, 1.54) is 7.11 Å². The molecule has 0 N–H and O–H groups in total. The number of esters is 1. The number of rotatable bonds is 3. The van der Waals surface area contributed by atoms with Gasteiger partial charge in [0.25, 0.3) is 0 Å². The molecular formula is C6H11Cl3GeO2. The molecule has 0 spiro atoms. The van der Waals surface area contributed by atoms with Gasteiger partial charge < -0.3 is 0 Å². The standard InChI is InChI=1S/C6H11Cl3GeO2/c1-4(6(11)12-3)5(2)10(7,8)9/h4-5H,1-3H3. The van der Waals surface area contributed by atoms with E-state index in [0.717, 1.165) is 0 Å². The maximum atomic E-state index is 11.0. The SMILES string of the molecule is COC(=O)C(C)[CH](C)[Ge]([Cl])([Cl])[Cl]. The molecule has 0 heterocycles. The molecule has 12 heavy (non-hydrogen) atoms. The van der Waals surface area contributed by atoms with Gasteiger partial charge in [-0.3, -0.25) is 0 Å². The summed E-state index contributed by atoms with van der Waals surface area (Å²) >= 11 is 0. The van der Waals surface area contributed by atoms with Crippen LogP contribution in [0.1, 0.15) is 13.8 Å². The van der Waals surface area contributed by atoms with Gasteiger partial charge in [-0.15, -0.1) is 0 Å². The molecule has 0 amide bonds. The molecule has 6 heteroatoms. The molecule has 72 valence electrons. The molecule has 0 aromatic rings. The van der Waals surface area contributed by atoms with Crippen LogP contribution in [0, 0.1) is 5.92 Å². The number of halogens is 3. The summed E-state index contributed by atoms with van der Waals surface area (Å²) in [6.07, 6.45) is 0. The molecule has 0 saturated heterocycles. The van der Waals surface area contributed by atoms with Crippen LogP contribution in [0.15, 0.2) is 0 Å². The zero-order chi connectivity index (χ0) is 9.94. The number of hydrogen-bond donors (Lipinski definition) is 0. The van der Waals surface area contributed by atoms with Crippen LogP contribution < -0.4 is 0 Å². The van der Waals surface area contributed by atoms with Crippen molar-refractivity contribution in [2.45, 2.75) is 18.6 Å². The average molecular weight is 294 g/mol. The van der Waals surface area contributed by atoms with Crippen LogP contribution in [0.3, 0.4) is 0 Å². The van der Waals surface area contributed by atoms with Gasteiger partial charge in [-0.25, -0.2) is 0 Å². The topological polar surface area (TPSA) is 26.3 Å². The summed E-state index contributed by atoms with van der Waals surface area (Å²) in [5.74, 6) is -0.651. The van der Waals surface area contributed by atoms with Crippen LogP contribution >= 0.6 is 30.0 Å². The quantitative estimate of drug-likeness (QED) is 0.591. The van der Waals surface area contributed by atoms with E-state index in [-0.39, 0.29) is 16.6 Å². The van der Waals surface area contributed by atoms with Crippen molar-refractivity contribution in [1.82, 2.24) is 0 Å². The third kappa shape index (κ3) is 3.73. The van der Waals surface area contributed by atoms with Crippen molar-refractivity contribution in [2.24, 2.45) is 5.92 Å². The number of methoxy groups -OCH3 is 1. The molecule has 0 bridgehead atoms. The predicted molar refractivity (Wildman–Crippen MR) is 53.9 cm³/mol. The molecule has 2 atom stereocenters. The second-order valence-electron chi connectivity index (χ2n) is 2.64. The molecule has 0 aliphatic rings. The van der Waals surface area contributed by atoms with Crippen molar-refractivity contribution in [3.8, 4) is 0 Å². The maximum absolute atomic E-state index is 11.0. The fourth-order valence-corrected chi connectivity index (χ4v) is 5.09. The van der Waals surface area contributed by atoms with E-state index in [2.05, 4.69) is 4.74 Å². The second kappa shape index (κ2) is 4.94. The van der Waals surface area contributed by atoms with Crippen LogP contribution in [0.4, 0.5) is 0 Å². The molecule has 2 unspecified atom stereocenters. The summed E-state index contributed by atoms with van der Waals surface area (Å²) in [4.78, 5) is 11.0. The molecule has 0 aliphatic heterocycles. The first-order chi connectivity index (χ1) is 5.30. The average Bonchev–Trinajstić information content (AvgIpc) is 1.98. The van der Waals surface area contributed by atoms with E-state index in [4.69, 9.17) is 30.0 Å². The van der Waals surface area contributed by atoms with E-state index in [1.54, 1.807) is 13.8 Å². The van der Waals surface area contributed by atoms with Crippen molar-refractivity contribution in [3.05, 3.63) is 0 Å². The third-order valence-electron chi connectivity index (χ3n) is 1.84. The first-order valence-electron chi connectivity index (χ1n) is 3.45. The Balaban J connectivity index is 4.29. The third-order valence-corrected chi connectivity index (χ3v) is 10.4. The minimum absolute atomic E-state index is 0.178. The molecular weight excluding hydrogens is 283 g/mol. The van der Waals surface area contributed by atoms with Crippen molar-refractivity contribution >= 4 is 46.5 Å². The van der Waals surface area contributed by atoms with Gasteiger partial charge in [0.2, 0.25) is 0 Å². The zero-order valence-electron chi connectivity index (χ0n) is 7.11. The predicted octanol–water partition coefficient (Wildman–Crippen LogP) is 2.84. The number of carbonyl (C=O) groups excluding carboxylic acids is 1. The number of carbonyl (C=O) groups is 1. The minimum atomic E-state index is -3.26. The van der Waals surface area contributed by atoms with Crippen molar-refractivity contribution in [3.63, 3.8) is 0 Å². The fraction of sp³-hybridized carbons (Fsp3) is 0.833. The summed E-state index contributed by atoms with van der Waals surface area (Å²) in [7, 11) is 15.4. The summed E-state index contributed by atoms with van der Waals surface area (Å²) in [5, 5.41) is 0. The Morgan fingerprint density at radius 3 is 2.00 bits per heavy atom. The molecule has 0 rings (SSSR count). The Kier molecular flexibility index (Phi) is 5.30. The van der Waals surface area contributed by atoms with Gasteiger partial charge in [-0.05, 0) is 0 Å². The molecule has 0 aromatic heterocycles. The van der Waals surface area contributed by atoms with E-state index in [1.807, 2.05) is 0 Å². The molecule has 0 saturated carbocycles. The van der Waals surface area contributed by atoms with Gasteiger partial charge >= 0.3 is 87.6 Å². The van der Waals surface area contributed by atoms with E-state index < -0.39 is 10.5 Å². The molecule has 0 fully saturated rings. The number of ether oxygens (including phenoxy) is 1. The van der Waals surface area contributed by atoms with Gasteiger partial charge in [0.15, 0.2) is 0 Å². The van der Waals surface area contributed by atoms with E-state index in [9.17, 15) is 4.79 Å². The molecule has 2 nitrogen and oxygen atoms in total. The van der Waals surface area contributed by atoms with Gasteiger partial charge in [0.1, 0.15) is 0 Å². The zero-order valence-corrected chi connectivity index (χ0v) is 11.5. The summed E-state index contributed by atoms with van der Waals surface area (Å²) in [6, 6.07) is 0. The van der Waals surface area contributed by atoms with Crippen LogP contribution in [-0.2, 0) is 9.53 Å². The summed E-state index contributed by atoms with van der Waals surface area (Å²) in [6.45, 7) is 3.48. The summed E-state index contributed by atoms with van der Waals surface area (Å²) < 4.78 is 4.37. The molecule has 0 aliphatic carbocycles. The Hall–Kier alpha value is 0.883. The van der Waals surface area contributed by atoms with Gasteiger partial charge in [0.05, 0.1) is 0 Å². The Labute approximate surface area is 87.4 Å². The Bertz CT molecular complexity index is 169. The van der Waals surface area contributed by atoms with E-state index in [0.29, 0.717) is 0 Å². The fourth-order valence-electron chi connectivity index (χ4n) is 0.673. The van der Waals surface area contributed by atoms with E-state index >= 15 is 0 Å². The van der Waals surface area contributed by atoms with Crippen LogP contribution in [0.2, 0.25) is 4.75 Å². The second-order valence-corrected chi connectivity index (χ2v) is 19.1. The van der Waals surface area contributed by atoms with Crippen molar-refractivity contribution in [1.29, 1.82) is 0 Å². The normalized spacial score (nSPS) is 16.8. The van der Waals surface area contributed by atoms with Crippen molar-refractivity contribution in [2.75, 3.05) is 7.11 Å². The van der Waals surface area contributed by atoms with Crippen molar-refractivity contribution < 1.29 is 9.53 Å². The first-order valence-corrected chi connectivity index (χ1v) is 12.9. The monoisotopic (exact) mass is 294 g/mol. The number of hydrogen-bond acceptors (Lipinski definition) is 2. The van der Waals surface area contributed by atoms with Gasteiger partial charge in [-0.2, -0.15) is 0 Å². The Morgan fingerprint density at radius 2 is 1.75 bits per heavy atom. The van der Waals surface area contributed by atoms with Crippen LogP contribution in [0.5, 0.6) is 0 Å². The Morgan fingerprint density at radius 1 is 1.33 bits per heavy atom.